The normalized spacial score (nSPS) is 21.7. The highest BCUT2D eigenvalue weighted by Crippen LogP contribution is 2.22. The standard InChI is InChI=1S/C17H32N6OS.HI/c1-4-16-22-20-13-23(16)11-10-19-17(18-5-2)21-14-8-7-9-15(12-14)25(24)6-3;/h13-15H,4-12H2,1-3H3,(H2,18,19,21);1H. The number of hydrogen-bond donors (Lipinski definition) is 2. The second-order valence-electron chi connectivity index (χ2n) is 6.35. The van der Waals surface area contributed by atoms with Crippen LogP contribution in [0.1, 0.15) is 52.3 Å². The predicted molar refractivity (Wildman–Crippen MR) is 119 cm³/mol. The van der Waals surface area contributed by atoms with Gasteiger partial charge in [-0.15, -0.1) is 34.2 Å². The lowest BCUT2D eigenvalue weighted by Crippen LogP contribution is -2.46. The van der Waals surface area contributed by atoms with Crippen LogP contribution in [0.15, 0.2) is 11.3 Å². The molecule has 1 fully saturated rings. The number of halogens is 1. The largest absolute Gasteiger partial charge is 0.357 e. The summed E-state index contributed by atoms with van der Waals surface area (Å²) in [5.74, 6) is 2.59. The molecule has 1 aliphatic rings. The van der Waals surface area contributed by atoms with E-state index in [-0.39, 0.29) is 24.0 Å². The summed E-state index contributed by atoms with van der Waals surface area (Å²) in [6, 6.07) is 0.355. The lowest BCUT2D eigenvalue weighted by molar-refractivity contribution is 0.413. The summed E-state index contributed by atoms with van der Waals surface area (Å²) in [5, 5.41) is 15.2. The van der Waals surface area contributed by atoms with Crippen LogP contribution in [-0.4, -0.2) is 55.1 Å². The van der Waals surface area contributed by atoms with Gasteiger partial charge in [-0.05, 0) is 26.2 Å². The van der Waals surface area contributed by atoms with Crippen molar-refractivity contribution >= 4 is 40.7 Å². The highest BCUT2D eigenvalue weighted by atomic mass is 127. The molecule has 1 aromatic heterocycles. The van der Waals surface area contributed by atoms with E-state index in [1.165, 1.54) is 0 Å². The van der Waals surface area contributed by atoms with Crippen molar-refractivity contribution in [3.05, 3.63) is 12.2 Å². The molecule has 1 aromatic rings. The van der Waals surface area contributed by atoms with Crippen LogP contribution in [0, 0.1) is 0 Å². The van der Waals surface area contributed by atoms with Gasteiger partial charge in [-0.2, -0.15) is 0 Å². The first-order valence-corrected chi connectivity index (χ1v) is 10.8. The molecule has 2 N–H and O–H groups in total. The Morgan fingerprint density at radius 3 is 2.88 bits per heavy atom. The van der Waals surface area contributed by atoms with Gasteiger partial charge in [-0.3, -0.25) is 9.20 Å². The number of hydrogen-bond acceptors (Lipinski definition) is 4. The minimum Gasteiger partial charge on any atom is -0.357 e. The number of aryl methyl sites for hydroxylation is 1. The van der Waals surface area contributed by atoms with Gasteiger partial charge in [0.05, 0.1) is 6.54 Å². The van der Waals surface area contributed by atoms with E-state index in [4.69, 9.17) is 4.99 Å². The second-order valence-corrected chi connectivity index (χ2v) is 8.36. The fraction of sp³-hybridized carbons (Fsp3) is 0.824. The first-order valence-electron chi connectivity index (χ1n) is 9.46. The summed E-state index contributed by atoms with van der Waals surface area (Å²) in [6.07, 6.45) is 6.94. The van der Waals surface area contributed by atoms with Crippen molar-refractivity contribution < 1.29 is 4.21 Å². The minimum absolute atomic E-state index is 0. The summed E-state index contributed by atoms with van der Waals surface area (Å²) < 4.78 is 14.2. The van der Waals surface area contributed by atoms with Crippen LogP contribution in [-0.2, 0) is 23.8 Å². The molecule has 150 valence electrons. The molecule has 1 aliphatic carbocycles. The fourth-order valence-electron chi connectivity index (χ4n) is 3.27. The predicted octanol–water partition coefficient (Wildman–Crippen LogP) is 2.09. The van der Waals surface area contributed by atoms with Crippen LogP contribution >= 0.6 is 24.0 Å². The Kier molecular flexibility index (Phi) is 11.3. The Morgan fingerprint density at radius 2 is 2.19 bits per heavy atom. The molecular formula is C17H33IN6OS. The molecule has 3 unspecified atom stereocenters. The lowest BCUT2D eigenvalue weighted by Gasteiger charge is -2.30. The lowest BCUT2D eigenvalue weighted by atomic mass is 9.95. The summed E-state index contributed by atoms with van der Waals surface area (Å²) >= 11 is 0. The number of nitrogens with zero attached hydrogens (tertiary/aromatic N) is 4. The maximum atomic E-state index is 12.1. The van der Waals surface area contributed by atoms with Crippen molar-refractivity contribution in [2.24, 2.45) is 4.99 Å². The Balaban J connectivity index is 0.00000338. The zero-order chi connectivity index (χ0) is 18.1. The van der Waals surface area contributed by atoms with Gasteiger partial charge in [0, 0.05) is 47.4 Å². The van der Waals surface area contributed by atoms with Gasteiger partial charge in [0.2, 0.25) is 0 Å². The van der Waals surface area contributed by atoms with E-state index in [9.17, 15) is 4.21 Å². The highest BCUT2D eigenvalue weighted by molar-refractivity contribution is 14.0. The van der Waals surface area contributed by atoms with Crippen molar-refractivity contribution in [3.63, 3.8) is 0 Å². The number of guanidine groups is 1. The number of aliphatic imine (C=N–C) groups is 1. The molecule has 0 spiro atoms. The third-order valence-corrected chi connectivity index (χ3v) is 6.33. The Hall–Kier alpha value is -0.710. The molecule has 0 amide bonds. The first kappa shape index (κ1) is 23.3. The van der Waals surface area contributed by atoms with E-state index >= 15 is 0 Å². The molecular weight excluding hydrogens is 463 g/mol. The highest BCUT2D eigenvalue weighted by Gasteiger charge is 2.25. The molecule has 2 rings (SSSR count). The number of nitrogens with one attached hydrogen (secondary N) is 2. The van der Waals surface area contributed by atoms with Crippen molar-refractivity contribution in [2.75, 3.05) is 18.8 Å². The summed E-state index contributed by atoms with van der Waals surface area (Å²) in [7, 11) is -0.700. The van der Waals surface area contributed by atoms with Crippen molar-refractivity contribution in [2.45, 2.75) is 70.7 Å². The fourth-order valence-corrected chi connectivity index (χ4v) is 4.62. The summed E-state index contributed by atoms with van der Waals surface area (Å²) in [6.45, 7) is 8.44. The third-order valence-electron chi connectivity index (χ3n) is 4.59. The zero-order valence-corrected chi connectivity index (χ0v) is 19.3. The molecule has 9 heteroatoms. The molecule has 0 aliphatic heterocycles. The molecule has 1 saturated carbocycles. The first-order chi connectivity index (χ1) is 12.2. The van der Waals surface area contributed by atoms with Crippen molar-refractivity contribution in [3.8, 4) is 0 Å². The van der Waals surface area contributed by atoms with Crippen molar-refractivity contribution in [1.82, 2.24) is 25.4 Å². The number of rotatable bonds is 8. The van der Waals surface area contributed by atoms with Crippen LogP contribution in [0.4, 0.5) is 0 Å². The van der Waals surface area contributed by atoms with E-state index in [2.05, 4.69) is 34.7 Å². The van der Waals surface area contributed by atoms with E-state index in [1.54, 1.807) is 6.33 Å². The van der Waals surface area contributed by atoms with Crippen molar-refractivity contribution in [1.29, 1.82) is 0 Å². The van der Waals surface area contributed by atoms with Gasteiger partial charge in [-0.1, -0.05) is 20.3 Å². The molecule has 0 saturated heterocycles. The van der Waals surface area contributed by atoms with Gasteiger partial charge in [0.15, 0.2) is 5.96 Å². The van der Waals surface area contributed by atoms with Crippen LogP contribution in [0.5, 0.6) is 0 Å². The second kappa shape index (κ2) is 12.6. The van der Waals surface area contributed by atoms with Crippen LogP contribution in [0.3, 0.4) is 0 Å². The average molecular weight is 496 g/mol. The molecule has 26 heavy (non-hydrogen) atoms. The molecule has 3 atom stereocenters. The molecule has 0 radical (unpaired) electrons. The van der Waals surface area contributed by atoms with E-state index in [1.807, 2.05) is 11.5 Å². The maximum Gasteiger partial charge on any atom is 0.191 e. The topological polar surface area (TPSA) is 84.2 Å². The maximum absolute atomic E-state index is 12.1. The van der Waals surface area contributed by atoms with Gasteiger partial charge in [-0.25, -0.2) is 0 Å². The van der Waals surface area contributed by atoms with Gasteiger partial charge >= 0.3 is 0 Å². The Bertz CT molecular complexity index is 579. The smallest absolute Gasteiger partial charge is 0.191 e. The number of aromatic nitrogens is 3. The minimum atomic E-state index is -0.700. The molecule has 1 heterocycles. The SMILES string of the molecule is CCNC(=NCCn1cnnc1CC)NC1CCCC(S(=O)CC)C1.I. The summed E-state index contributed by atoms with van der Waals surface area (Å²) in [5.41, 5.74) is 0. The van der Waals surface area contributed by atoms with Crippen LogP contribution in [0.2, 0.25) is 0 Å². The molecule has 0 bridgehead atoms. The van der Waals surface area contributed by atoms with Crippen LogP contribution in [0.25, 0.3) is 0 Å². The van der Waals surface area contributed by atoms with E-state index < -0.39 is 10.8 Å². The van der Waals surface area contributed by atoms with Crippen LogP contribution < -0.4 is 10.6 Å². The van der Waals surface area contributed by atoms with Gasteiger partial charge < -0.3 is 15.2 Å². The van der Waals surface area contributed by atoms with Gasteiger partial charge in [0.1, 0.15) is 12.2 Å². The van der Waals surface area contributed by atoms with E-state index in [0.29, 0.717) is 17.8 Å². The van der Waals surface area contributed by atoms with Gasteiger partial charge in [0.25, 0.3) is 0 Å². The van der Waals surface area contributed by atoms with E-state index in [0.717, 1.165) is 62.7 Å². The Labute approximate surface area is 176 Å². The molecule has 7 nitrogen and oxygen atoms in total. The monoisotopic (exact) mass is 496 g/mol. The third kappa shape index (κ3) is 7.13. The molecule has 0 aromatic carbocycles. The summed E-state index contributed by atoms with van der Waals surface area (Å²) in [4.78, 5) is 4.69. The quantitative estimate of drug-likeness (QED) is 0.327. The average Bonchev–Trinajstić information content (AvgIpc) is 3.09. The Morgan fingerprint density at radius 1 is 1.38 bits per heavy atom. The zero-order valence-electron chi connectivity index (χ0n) is 16.1.